The summed E-state index contributed by atoms with van der Waals surface area (Å²) < 4.78 is 29.1. The first kappa shape index (κ1) is 22.5. The minimum Gasteiger partial charge on any atom is -0.384 e. The number of thioether (sulfide) groups is 1. The molecule has 5 nitrogen and oxygen atoms in total. The van der Waals surface area contributed by atoms with Crippen molar-refractivity contribution < 1.29 is 17.9 Å². The van der Waals surface area contributed by atoms with Gasteiger partial charge in [0.15, 0.2) is 9.84 Å². The maximum absolute atomic E-state index is 12.5. The molecule has 0 aliphatic heterocycles. The van der Waals surface area contributed by atoms with Crippen LogP contribution in [0.1, 0.15) is 36.2 Å². The number of aryl methyl sites for hydroxylation is 1. The molecule has 152 valence electrons. The number of carbonyl (C=O) groups is 1. The standard InChI is InChI=1S/C21H27NO4S2/c1-5-16(3)27-18-8-11-20(15(2)14-18)22-21(23)17-6-9-19(10-7-17)28(24,25)13-12-26-4/h6-11,14,16H,5,12-13H2,1-4H3,(H,22,23). The number of nitrogens with one attached hydrogen (secondary N) is 1. The summed E-state index contributed by atoms with van der Waals surface area (Å²) in [5.41, 5.74) is 2.14. The molecule has 1 atom stereocenters. The van der Waals surface area contributed by atoms with Gasteiger partial charge < -0.3 is 10.1 Å². The summed E-state index contributed by atoms with van der Waals surface area (Å²) in [6, 6.07) is 11.9. The van der Waals surface area contributed by atoms with Gasteiger partial charge in [-0.2, -0.15) is 0 Å². The summed E-state index contributed by atoms with van der Waals surface area (Å²) in [6.07, 6.45) is 1.10. The predicted molar refractivity (Wildman–Crippen MR) is 115 cm³/mol. The number of hydrogen-bond acceptors (Lipinski definition) is 5. The fourth-order valence-corrected chi connectivity index (χ4v) is 4.68. The molecule has 0 saturated carbocycles. The number of sulfone groups is 1. The largest absolute Gasteiger partial charge is 0.384 e. The number of benzene rings is 2. The predicted octanol–water partition coefficient (Wildman–Crippen LogP) is 4.56. The Bertz CT molecular complexity index is 909. The van der Waals surface area contributed by atoms with Gasteiger partial charge in [-0.3, -0.25) is 4.79 Å². The Morgan fingerprint density at radius 2 is 1.86 bits per heavy atom. The van der Waals surface area contributed by atoms with E-state index in [1.807, 2.05) is 30.8 Å². The van der Waals surface area contributed by atoms with Crippen molar-refractivity contribution in [3.63, 3.8) is 0 Å². The monoisotopic (exact) mass is 421 g/mol. The van der Waals surface area contributed by atoms with Crippen LogP contribution in [0.2, 0.25) is 0 Å². The van der Waals surface area contributed by atoms with Crippen molar-refractivity contribution in [3.8, 4) is 0 Å². The second-order valence-electron chi connectivity index (χ2n) is 6.60. The molecule has 0 aromatic heterocycles. The maximum Gasteiger partial charge on any atom is 0.255 e. The van der Waals surface area contributed by atoms with Gasteiger partial charge in [-0.25, -0.2) is 8.42 Å². The first-order valence-corrected chi connectivity index (χ1v) is 11.7. The zero-order chi connectivity index (χ0) is 20.7. The Kier molecular flexibility index (Phi) is 8.10. The highest BCUT2D eigenvalue weighted by molar-refractivity contribution is 8.00. The van der Waals surface area contributed by atoms with E-state index in [1.54, 1.807) is 0 Å². The molecule has 0 radical (unpaired) electrons. The summed E-state index contributed by atoms with van der Waals surface area (Å²) in [7, 11) is -1.95. The Hall–Kier alpha value is -1.83. The van der Waals surface area contributed by atoms with Crippen molar-refractivity contribution in [3.05, 3.63) is 53.6 Å². The number of ether oxygens (including phenoxy) is 1. The average molecular weight is 422 g/mol. The highest BCUT2D eigenvalue weighted by atomic mass is 32.2. The van der Waals surface area contributed by atoms with Crippen LogP contribution in [0.5, 0.6) is 0 Å². The second-order valence-corrected chi connectivity index (χ2v) is 10.2. The molecule has 0 aliphatic rings. The van der Waals surface area contributed by atoms with E-state index in [-0.39, 0.29) is 23.2 Å². The number of hydrogen-bond donors (Lipinski definition) is 1. The number of methoxy groups -OCH3 is 1. The van der Waals surface area contributed by atoms with Gasteiger partial charge in [-0.15, -0.1) is 11.8 Å². The fourth-order valence-electron chi connectivity index (χ4n) is 2.48. The Morgan fingerprint density at radius 1 is 1.18 bits per heavy atom. The van der Waals surface area contributed by atoms with Gasteiger partial charge in [0.2, 0.25) is 0 Å². The van der Waals surface area contributed by atoms with E-state index in [2.05, 4.69) is 25.2 Å². The van der Waals surface area contributed by atoms with Gasteiger partial charge in [0, 0.05) is 28.5 Å². The molecule has 0 aliphatic carbocycles. The van der Waals surface area contributed by atoms with Crippen molar-refractivity contribution in [1.29, 1.82) is 0 Å². The number of rotatable bonds is 9. The molecule has 0 saturated heterocycles. The lowest BCUT2D eigenvalue weighted by atomic mass is 10.1. The summed E-state index contributed by atoms with van der Waals surface area (Å²) >= 11 is 1.81. The van der Waals surface area contributed by atoms with Gasteiger partial charge in [-0.05, 0) is 61.4 Å². The van der Waals surface area contributed by atoms with Crippen LogP contribution < -0.4 is 5.32 Å². The van der Waals surface area contributed by atoms with Crippen molar-refractivity contribution >= 4 is 33.2 Å². The zero-order valence-electron chi connectivity index (χ0n) is 16.7. The molecule has 2 aromatic rings. The third-order valence-electron chi connectivity index (χ3n) is 4.39. The van der Waals surface area contributed by atoms with E-state index in [1.165, 1.54) is 36.3 Å². The van der Waals surface area contributed by atoms with Crippen LogP contribution >= 0.6 is 11.8 Å². The minimum atomic E-state index is -3.41. The van der Waals surface area contributed by atoms with Crippen LogP contribution in [0.4, 0.5) is 5.69 Å². The summed E-state index contributed by atoms with van der Waals surface area (Å²) in [6.45, 7) is 6.44. The van der Waals surface area contributed by atoms with E-state index in [4.69, 9.17) is 4.74 Å². The van der Waals surface area contributed by atoms with Gasteiger partial charge >= 0.3 is 0 Å². The third-order valence-corrected chi connectivity index (χ3v) is 7.35. The lowest BCUT2D eigenvalue weighted by Gasteiger charge is -2.12. The Balaban J connectivity index is 2.09. The van der Waals surface area contributed by atoms with Crippen molar-refractivity contribution in [2.75, 3.05) is 24.8 Å². The minimum absolute atomic E-state index is 0.0880. The molecule has 0 fully saturated rings. The Labute approximate surface area is 171 Å². The van der Waals surface area contributed by atoms with E-state index >= 15 is 0 Å². The van der Waals surface area contributed by atoms with Crippen molar-refractivity contribution in [2.24, 2.45) is 0 Å². The molecular weight excluding hydrogens is 394 g/mol. The molecule has 28 heavy (non-hydrogen) atoms. The van der Waals surface area contributed by atoms with E-state index in [0.29, 0.717) is 10.8 Å². The first-order chi connectivity index (χ1) is 13.3. The third kappa shape index (κ3) is 6.09. The SMILES string of the molecule is CCC(C)Sc1ccc(NC(=O)c2ccc(S(=O)(=O)CCOC)cc2)c(C)c1. The van der Waals surface area contributed by atoms with Crippen LogP contribution in [0, 0.1) is 6.92 Å². The average Bonchev–Trinajstić information content (AvgIpc) is 2.68. The van der Waals surface area contributed by atoms with Crippen LogP contribution in [-0.2, 0) is 14.6 Å². The highest BCUT2D eigenvalue weighted by Gasteiger charge is 2.15. The lowest BCUT2D eigenvalue weighted by molar-refractivity contribution is 0.102. The molecule has 0 spiro atoms. The molecule has 7 heteroatoms. The smallest absolute Gasteiger partial charge is 0.255 e. The topological polar surface area (TPSA) is 72.5 Å². The normalized spacial score (nSPS) is 12.6. The van der Waals surface area contributed by atoms with Crippen LogP contribution in [0.25, 0.3) is 0 Å². The molecule has 1 N–H and O–H groups in total. The van der Waals surface area contributed by atoms with Crippen molar-refractivity contribution in [1.82, 2.24) is 0 Å². The van der Waals surface area contributed by atoms with E-state index in [0.717, 1.165) is 17.7 Å². The van der Waals surface area contributed by atoms with Crippen LogP contribution in [0.3, 0.4) is 0 Å². The van der Waals surface area contributed by atoms with E-state index in [9.17, 15) is 13.2 Å². The highest BCUT2D eigenvalue weighted by Crippen LogP contribution is 2.28. The summed E-state index contributed by atoms with van der Waals surface area (Å²) in [5, 5.41) is 3.44. The molecular formula is C21H27NO4S2. The summed E-state index contributed by atoms with van der Waals surface area (Å²) in [4.78, 5) is 13.9. The molecule has 2 aromatic carbocycles. The van der Waals surface area contributed by atoms with Crippen LogP contribution in [-0.4, -0.2) is 39.0 Å². The second kappa shape index (κ2) is 10.1. The quantitative estimate of drug-likeness (QED) is 0.601. The number of carbonyl (C=O) groups excluding carboxylic acids is 1. The van der Waals surface area contributed by atoms with Gasteiger partial charge in [0.1, 0.15) is 0 Å². The summed E-state index contributed by atoms with van der Waals surface area (Å²) in [5.74, 6) is -0.360. The van der Waals surface area contributed by atoms with E-state index < -0.39 is 9.84 Å². The zero-order valence-corrected chi connectivity index (χ0v) is 18.3. The fraction of sp³-hybridized carbons (Fsp3) is 0.381. The van der Waals surface area contributed by atoms with Gasteiger partial charge in [-0.1, -0.05) is 13.8 Å². The first-order valence-electron chi connectivity index (χ1n) is 9.17. The molecule has 0 heterocycles. The molecule has 0 bridgehead atoms. The van der Waals surface area contributed by atoms with Crippen molar-refractivity contribution in [2.45, 2.75) is 42.2 Å². The molecule has 1 unspecified atom stereocenters. The number of anilines is 1. The van der Waals surface area contributed by atoms with Crippen LogP contribution in [0.15, 0.2) is 52.3 Å². The maximum atomic E-state index is 12.5. The number of amides is 1. The Morgan fingerprint density at radius 3 is 2.43 bits per heavy atom. The molecule has 2 rings (SSSR count). The van der Waals surface area contributed by atoms with Gasteiger partial charge in [0.05, 0.1) is 17.3 Å². The molecule has 1 amide bonds. The van der Waals surface area contributed by atoms with Gasteiger partial charge in [0.25, 0.3) is 5.91 Å². The lowest BCUT2D eigenvalue weighted by Crippen LogP contribution is -2.14.